The van der Waals surface area contributed by atoms with Gasteiger partial charge in [0.05, 0.1) is 13.2 Å². The summed E-state index contributed by atoms with van der Waals surface area (Å²) in [5.74, 6) is 0.431. The number of nitrogens with zero attached hydrogens (tertiary/aromatic N) is 7. The van der Waals surface area contributed by atoms with Crippen LogP contribution >= 0.6 is 0 Å². The van der Waals surface area contributed by atoms with Gasteiger partial charge in [-0.15, -0.1) is 0 Å². The van der Waals surface area contributed by atoms with Crippen molar-refractivity contribution >= 4 is 17.5 Å². The Labute approximate surface area is 247 Å². The number of azide groups is 2. The number of carbonyl (C=O) groups excluding carboxylic acids is 1. The summed E-state index contributed by atoms with van der Waals surface area (Å²) in [6.45, 7) is 0.505. The van der Waals surface area contributed by atoms with Gasteiger partial charge in [-0.2, -0.15) is 0 Å². The fourth-order valence-electron chi connectivity index (χ4n) is 4.89. The summed E-state index contributed by atoms with van der Waals surface area (Å²) in [4.78, 5) is 25.2. The first kappa shape index (κ1) is 29.4. The van der Waals surface area contributed by atoms with Gasteiger partial charge in [0.1, 0.15) is 5.75 Å². The molecule has 0 unspecified atom stereocenters. The fraction of sp³-hybridized carbons (Fsp3) is 0.333. The van der Waals surface area contributed by atoms with Crippen LogP contribution in [0.5, 0.6) is 5.75 Å². The highest BCUT2D eigenvalue weighted by atomic mass is 16.5. The molecule has 0 spiro atoms. The van der Waals surface area contributed by atoms with Crippen LogP contribution in [0.1, 0.15) is 47.6 Å². The third kappa shape index (κ3) is 6.88. The summed E-state index contributed by atoms with van der Waals surface area (Å²) in [6.07, 6.45) is 1.53. The van der Waals surface area contributed by atoms with E-state index in [9.17, 15) is 10.3 Å². The molecule has 1 saturated carbocycles. The van der Waals surface area contributed by atoms with Crippen molar-refractivity contribution in [3.8, 4) is 5.75 Å². The van der Waals surface area contributed by atoms with Gasteiger partial charge in [0.15, 0.2) is 11.6 Å². The van der Waals surface area contributed by atoms with E-state index in [1.54, 1.807) is 48.5 Å². The van der Waals surface area contributed by atoms with Gasteiger partial charge in [0.2, 0.25) is 5.90 Å². The molecule has 3 N–H and O–H groups in total. The van der Waals surface area contributed by atoms with Crippen molar-refractivity contribution in [3.63, 3.8) is 0 Å². The van der Waals surface area contributed by atoms with Gasteiger partial charge in [-0.3, -0.25) is 10.2 Å². The first-order valence-corrected chi connectivity index (χ1v) is 14.0. The van der Waals surface area contributed by atoms with Crippen LogP contribution in [-0.2, 0) is 22.5 Å². The maximum Gasteiger partial charge on any atom is 0.266 e. The lowest BCUT2D eigenvalue weighted by Gasteiger charge is -2.32. The molecule has 0 radical (unpaired) electrons. The lowest BCUT2D eigenvalue weighted by Crippen LogP contribution is -2.54. The molecule has 2 aliphatic rings. The fourth-order valence-corrected chi connectivity index (χ4v) is 4.89. The number of carbonyl (C=O) groups is 1. The molecule has 43 heavy (non-hydrogen) atoms. The zero-order chi connectivity index (χ0) is 30.1. The second kappa shape index (κ2) is 13.7. The summed E-state index contributed by atoms with van der Waals surface area (Å²) in [5, 5.41) is 16.7. The average molecular weight is 582 g/mol. The van der Waals surface area contributed by atoms with Gasteiger partial charge in [0.25, 0.3) is 5.91 Å². The van der Waals surface area contributed by atoms with Crippen molar-refractivity contribution in [2.24, 2.45) is 15.2 Å². The molecule has 0 bridgehead atoms. The molecule has 13 nitrogen and oxygen atoms in total. The van der Waals surface area contributed by atoms with E-state index in [1.165, 1.54) is 0 Å². The molecule has 1 aliphatic carbocycles. The van der Waals surface area contributed by atoms with Crippen LogP contribution in [0, 0.1) is 0 Å². The van der Waals surface area contributed by atoms with E-state index in [-0.39, 0.29) is 31.5 Å². The normalized spacial score (nSPS) is 18.9. The Balaban J connectivity index is 1.62. The highest BCUT2D eigenvalue weighted by Crippen LogP contribution is 2.45. The van der Waals surface area contributed by atoms with Gasteiger partial charge in [-0.25, -0.2) is 10.4 Å². The Bertz CT molecular complexity index is 1580. The number of nitrogens with one attached hydrogen (secondary N) is 2. The van der Waals surface area contributed by atoms with Crippen LogP contribution in [0.4, 0.5) is 5.69 Å². The number of aliphatic imine (C=N–C) groups is 1. The molecule has 0 saturated heterocycles. The number of benzene rings is 3. The zero-order valence-electron chi connectivity index (χ0n) is 23.3. The molecular weight excluding hydrogens is 550 g/mol. The number of ether oxygens (including phenoxy) is 2. The monoisotopic (exact) mass is 581 g/mol. The van der Waals surface area contributed by atoms with Gasteiger partial charge in [0, 0.05) is 52.1 Å². The number of aliphatic hydroxyl groups excluding tert-OH is 1. The SMILES string of the molecule is [N-]=[N+]=NCc1ccccc1C[C@]1(C(=O)NNC2CC2)N=C(c2ccc(OCCCO)cc2)O[C@H]1c1ccccc1N=[N+]=[N-]. The average Bonchev–Trinajstić information content (AvgIpc) is 3.79. The minimum Gasteiger partial charge on any atom is -0.494 e. The second-order valence-corrected chi connectivity index (χ2v) is 10.2. The van der Waals surface area contributed by atoms with Gasteiger partial charge in [-0.1, -0.05) is 58.8 Å². The molecule has 1 aliphatic heterocycles. The lowest BCUT2D eigenvalue weighted by molar-refractivity contribution is -0.130. The predicted octanol–water partition coefficient (Wildman–Crippen LogP) is 5.48. The van der Waals surface area contributed by atoms with Crippen LogP contribution in [0.25, 0.3) is 20.9 Å². The first-order chi connectivity index (χ1) is 21.1. The molecule has 13 heteroatoms. The smallest absolute Gasteiger partial charge is 0.266 e. The highest BCUT2D eigenvalue weighted by Gasteiger charge is 2.54. The van der Waals surface area contributed by atoms with Crippen molar-refractivity contribution in [2.45, 2.75) is 49.9 Å². The number of hydrogen-bond donors (Lipinski definition) is 3. The number of hydrazine groups is 1. The number of hydrogen-bond acceptors (Lipinski definition) is 8. The van der Waals surface area contributed by atoms with Gasteiger partial charge < -0.3 is 14.6 Å². The quantitative estimate of drug-likeness (QED) is 0.0745. The van der Waals surface area contributed by atoms with Crippen LogP contribution in [-0.4, -0.2) is 41.7 Å². The van der Waals surface area contributed by atoms with Gasteiger partial charge in [-0.05, 0) is 59.3 Å². The Morgan fingerprint density at radius 3 is 2.51 bits per heavy atom. The van der Waals surface area contributed by atoms with E-state index in [2.05, 4.69) is 30.9 Å². The van der Waals surface area contributed by atoms with Crippen molar-refractivity contribution in [3.05, 3.63) is 116 Å². The molecule has 1 amide bonds. The van der Waals surface area contributed by atoms with Crippen molar-refractivity contribution in [1.29, 1.82) is 0 Å². The molecule has 220 valence electrons. The third-order valence-electron chi connectivity index (χ3n) is 7.25. The molecule has 5 rings (SSSR count). The number of aliphatic hydroxyl groups is 1. The summed E-state index contributed by atoms with van der Waals surface area (Å²) >= 11 is 0. The third-order valence-corrected chi connectivity index (χ3v) is 7.25. The van der Waals surface area contributed by atoms with E-state index in [1.807, 2.05) is 24.3 Å². The number of rotatable bonds is 14. The summed E-state index contributed by atoms with van der Waals surface area (Å²) in [7, 11) is 0. The van der Waals surface area contributed by atoms with Crippen LogP contribution in [0.3, 0.4) is 0 Å². The van der Waals surface area contributed by atoms with Crippen LogP contribution in [0.15, 0.2) is 88.0 Å². The van der Waals surface area contributed by atoms with E-state index < -0.39 is 17.6 Å². The minimum absolute atomic E-state index is 0.0349. The molecule has 1 fully saturated rings. The van der Waals surface area contributed by atoms with Crippen LogP contribution in [0.2, 0.25) is 0 Å². The molecule has 2 atom stereocenters. The Hall–Kier alpha value is -5.06. The van der Waals surface area contributed by atoms with Gasteiger partial charge >= 0.3 is 0 Å². The van der Waals surface area contributed by atoms with E-state index in [4.69, 9.17) is 25.1 Å². The van der Waals surface area contributed by atoms with E-state index in [0.717, 1.165) is 24.0 Å². The Kier molecular flexibility index (Phi) is 9.40. The molecule has 3 aromatic carbocycles. The summed E-state index contributed by atoms with van der Waals surface area (Å²) in [5.41, 5.74) is 25.6. The van der Waals surface area contributed by atoms with E-state index in [0.29, 0.717) is 35.6 Å². The summed E-state index contributed by atoms with van der Waals surface area (Å²) < 4.78 is 12.2. The minimum atomic E-state index is -1.54. The largest absolute Gasteiger partial charge is 0.494 e. The predicted molar refractivity (Wildman–Crippen MR) is 159 cm³/mol. The van der Waals surface area contributed by atoms with Crippen molar-refractivity contribution in [2.75, 3.05) is 13.2 Å². The molecule has 1 heterocycles. The topological polar surface area (TPSA) is 190 Å². The standard InChI is InChI=1S/C30H31N9O4/c31-38-33-19-22-7-2-1-6-21(22)18-30(29(41)37-35-23-12-13-23)27(25-8-3-4-9-26(25)36-39-32)43-28(34-30)20-10-14-24(15-11-20)42-17-5-16-40/h1-4,6-11,14-15,23,27,35,40H,5,12-13,16-19H2,(H,37,41)/t27-,30-/m0/s1. The molecule has 3 aromatic rings. The lowest BCUT2D eigenvalue weighted by atomic mass is 9.80. The summed E-state index contributed by atoms with van der Waals surface area (Å²) in [6, 6.07) is 21.6. The van der Waals surface area contributed by atoms with Crippen molar-refractivity contribution in [1.82, 2.24) is 10.9 Å². The molecular formula is C30H31N9O4. The first-order valence-electron chi connectivity index (χ1n) is 14.0. The van der Waals surface area contributed by atoms with Crippen LogP contribution < -0.4 is 15.6 Å². The van der Waals surface area contributed by atoms with Crippen molar-refractivity contribution < 1.29 is 19.4 Å². The number of amides is 1. The second-order valence-electron chi connectivity index (χ2n) is 10.2. The zero-order valence-corrected chi connectivity index (χ0v) is 23.3. The Morgan fingerprint density at radius 1 is 1.05 bits per heavy atom. The highest BCUT2D eigenvalue weighted by molar-refractivity contribution is 6.01. The Morgan fingerprint density at radius 2 is 1.79 bits per heavy atom. The van der Waals surface area contributed by atoms with E-state index >= 15 is 0 Å². The maximum absolute atomic E-state index is 14.3. The molecule has 0 aromatic heterocycles. The maximum atomic E-state index is 14.3.